The second-order valence-electron chi connectivity index (χ2n) is 7.47. The number of hydrogen-bond donors (Lipinski definition) is 2. The minimum atomic E-state index is -0.267. The maximum Gasteiger partial charge on any atom is 0.319 e. The molecule has 0 aliphatic carbocycles. The van der Waals surface area contributed by atoms with Crippen molar-refractivity contribution in [1.29, 1.82) is 0 Å². The maximum absolute atomic E-state index is 12.1. The summed E-state index contributed by atoms with van der Waals surface area (Å²) in [6.07, 6.45) is 0.370. The van der Waals surface area contributed by atoms with E-state index in [1.54, 1.807) is 4.90 Å². The Bertz CT molecular complexity index is 573. The van der Waals surface area contributed by atoms with Crippen LogP contribution in [0.5, 0.6) is 0 Å². The van der Waals surface area contributed by atoms with Crippen molar-refractivity contribution in [1.82, 2.24) is 10.2 Å². The number of anilines is 1. The van der Waals surface area contributed by atoms with Gasteiger partial charge in [-0.15, -0.1) is 0 Å². The molecule has 0 radical (unpaired) electrons. The van der Waals surface area contributed by atoms with Crippen molar-refractivity contribution in [2.45, 2.75) is 58.5 Å². The van der Waals surface area contributed by atoms with Gasteiger partial charge in [0.1, 0.15) is 0 Å². The predicted octanol–water partition coefficient (Wildman–Crippen LogP) is 3.11. The first-order valence-corrected chi connectivity index (χ1v) is 8.14. The highest BCUT2D eigenvalue weighted by molar-refractivity contribution is 5.90. The minimum absolute atomic E-state index is 0.0886. The Morgan fingerprint density at radius 1 is 1.22 bits per heavy atom. The van der Waals surface area contributed by atoms with E-state index in [2.05, 4.69) is 31.4 Å². The summed E-state index contributed by atoms with van der Waals surface area (Å²) < 4.78 is 0. The van der Waals surface area contributed by atoms with E-state index in [0.29, 0.717) is 13.0 Å². The molecule has 1 aliphatic rings. The lowest BCUT2D eigenvalue weighted by Crippen LogP contribution is -2.40. The van der Waals surface area contributed by atoms with E-state index in [4.69, 9.17) is 0 Å². The Balaban J connectivity index is 1.89. The number of carbonyl (C=O) groups excluding carboxylic acids is 2. The van der Waals surface area contributed by atoms with Gasteiger partial charge in [0, 0.05) is 24.7 Å². The van der Waals surface area contributed by atoms with Crippen LogP contribution in [0.4, 0.5) is 10.5 Å². The van der Waals surface area contributed by atoms with E-state index in [1.165, 1.54) is 5.56 Å². The number of hydrogen-bond acceptors (Lipinski definition) is 2. The molecule has 3 amide bonds. The highest BCUT2D eigenvalue weighted by atomic mass is 16.2. The zero-order chi connectivity index (χ0) is 17.2. The van der Waals surface area contributed by atoms with Crippen LogP contribution in [0.2, 0.25) is 0 Å². The molecule has 1 aliphatic heterocycles. The first-order valence-electron chi connectivity index (χ1n) is 8.14. The van der Waals surface area contributed by atoms with Gasteiger partial charge in [0.25, 0.3) is 0 Å². The van der Waals surface area contributed by atoms with Crippen LogP contribution in [-0.4, -0.2) is 35.5 Å². The van der Waals surface area contributed by atoms with E-state index >= 15 is 0 Å². The first kappa shape index (κ1) is 17.3. The highest BCUT2D eigenvalue weighted by Gasteiger charge is 2.31. The highest BCUT2D eigenvalue weighted by Crippen LogP contribution is 2.23. The molecule has 126 valence electrons. The Labute approximate surface area is 138 Å². The van der Waals surface area contributed by atoms with Crippen LogP contribution < -0.4 is 10.6 Å². The van der Waals surface area contributed by atoms with Gasteiger partial charge in [-0.25, -0.2) is 4.79 Å². The molecule has 1 fully saturated rings. The van der Waals surface area contributed by atoms with Crippen molar-refractivity contribution in [3.05, 3.63) is 29.8 Å². The molecule has 1 heterocycles. The standard InChI is InChI=1S/C18H27N3O2/c1-12(2)21-11-15(10-16(21)22)20-17(23)19-14-8-6-13(7-9-14)18(3,4)5/h6-9,12,15H,10-11H2,1-5H3,(H2,19,20,23). The monoisotopic (exact) mass is 317 g/mol. The molecule has 0 bridgehead atoms. The topological polar surface area (TPSA) is 61.4 Å². The fraction of sp³-hybridized carbons (Fsp3) is 0.556. The van der Waals surface area contributed by atoms with Crippen molar-refractivity contribution < 1.29 is 9.59 Å². The van der Waals surface area contributed by atoms with E-state index in [9.17, 15) is 9.59 Å². The molecule has 2 N–H and O–H groups in total. The van der Waals surface area contributed by atoms with Gasteiger partial charge in [-0.1, -0.05) is 32.9 Å². The van der Waals surface area contributed by atoms with E-state index in [-0.39, 0.29) is 29.4 Å². The van der Waals surface area contributed by atoms with Crippen molar-refractivity contribution in [2.24, 2.45) is 0 Å². The minimum Gasteiger partial charge on any atom is -0.338 e. The van der Waals surface area contributed by atoms with Gasteiger partial charge < -0.3 is 15.5 Å². The van der Waals surface area contributed by atoms with Crippen molar-refractivity contribution in [2.75, 3.05) is 11.9 Å². The van der Waals surface area contributed by atoms with Crippen LogP contribution >= 0.6 is 0 Å². The fourth-order valence-electron chi connectivity index (χ4n) is 2.73. The van der Waals surface area contributed by atoms with Gasteiger partial charge >= 0.3 is 6.03 Å². The molecule has 0 spiro atoms. The number of amides is 3. The predicted molar refractivity (Wildman–Crippen MR) is 92.6 cm³/mol. The third-order valence-electron chi connectivity index (χ3n) is 4.13. The lowest BCUT2D eigenvalue weighted by Gasteiger charge is -2.21. The molecule has 2 rings (SSSR count). The molecule has 5 heteroatoms. The van der Waals surface area contributed by atoms with Crippen LogP contribution in [0.25, 0.3) is 0 Å². The zero-order valence-corrected chi connectivity index (χ0v) is 14.6. The Kier molecular flexibility index (Phi) is 4.97. The van der Waals surface area contributed by atoms with Gasteiger partial charge in [0.15, 0.2) is 0 Å². The molecule has 1 aromatic carbocycles. The SMILES string of the molecule is CC(C)N1CC(NC(=O)Nc2ccc(C(C)(C)C)cc2)CC1=O. The molecule has 1 saturated heterocycles. The summed E-state index contributed by atoms with van der Waals surface area (Å²) in [6.45, 7) is 11.0. The molecule has 5 nitrogen and oxygen atoms in total. The lowest BCUT2D eigenvalue weighted by atomic mass is 9.87. The number of carbonyl (C=O) groups is 2. The molecule has 1 unspecified atom stereocenters. The maximum atomic E-state index is 12.1. The van der Waals surface area contributed by atoms with Crippen LogP contribution in [0.1, 0.15) is 46.6 Å². The summed E-state index contributed by atoms with van der Waals surface area (Å²) in [4.78, 5) is 25.7. The second-order valence-corrected chi connectivity index (χ2v) is 7.47. The quantitative estimate of drug-likeness (QED) is 0.900. The number of benzene rings is 1. The van der Waals surface area contributed by atoms with Gasteiger partial charge in [0.05, 0.1) is 6.04 Å². The van der Waals surface area contributed by atoms with Gasteiger partial charge in [-0.3, -0.25) is 4.79 Å². The molecule has 1 atom stereocenters. The molecule has 0 aromatic heterocycles. The van der Waals surface area contributed by atoms with E-state index < -0.39 is 0 Å². The van der Waals surface area contributed by atoms with Gasteiger partial charge in [-0.2, -0.15) is 0 Å². The smallest absolute Gasteiger partial charge is 0.319 e. The average molecular weight is 317 g/mol. The van der Waals surface area contributed by atoms with Crippen LogP contribution in [-0.2, 0) is 10.2 Å². The number of nitrogens with zero attached hydrogens (tertiary/aromatic N) is 1. The van der Waals surface area contributed by atoms with Gasteiger partial charge in [-0.05, 0) is 37.0 Å². The van der Waals surface area contributed by atoms with Crippen molar-refractivity contribution in [3.63, 3.8) is 0 Å². The Hall–Kier alpha value is -2.04. The summed E-state index contributed by atoms with van der Waals surface area (Å²) in [5.74, 6) is 0.0971. The normalized spacial score (nSPS) is 18.4. The van der Waals surface area contributed by atoms with E-state index in [0.717, 1.165) is 5.69 Å². The Morgan fingerprint density at radius 3 is 2.30 bits per heavy atom. The zero-order valence-electron chi connectivity index (χ0n) is 14.6. The van der Waals surface area contributed by atoms with Crippen LogP contribution in [0.15, 0.2) is 24.3 Å². The lowest BCUT2D eigenvalue weighted by molar-refractivity contribution is -0.129. The summed E-state index contributed by atoms with van der Waals surface area (Å²) in [7, 11) is 0. The van der Waals surface area contributed by atoms with Gasteiger partial charge in [0.2, 0.25) is 5.91 Å². The molecule has 0 saturated carbocycles. The van der Waals surface area contributed by atoms with Crippen molar-refractivity contribution >= 4 is 17.6 Å². The summed E-state index contributed by atoms with van der Waals surface area (Å²) in [5.41, 5.74) is 2.06. The fourth-order valence-corrected chi connectivity index (χ4v) is 2.73. The summed E-state index contributed by atoms with van der Waals surface area (Å²) >= 11 is 0. The third-order valence-corrected chi connectivity index (χ3v) is 4.13. The number of likely N-dealkylation sites (tertiary alicyclic amines) is 1. The first-order chi connectivity index (χ1) is 10.7. The average Bonchev–Trinajstić information content (AvgIpc) is 2.79. The van der Waals surface area contributed by atoms with E-state index in [1.807, 2.05) is 38.1 Å². The molecular formula is C18H27N3O2. The molecule has 1 aromatic rings. The molecule has 23 heavy (non-hydrogen) atoms. The largest absolute Gasteiger partial charge is 0.338 e. The Morgan fingerprint density at radius 2 is 1.83 bits per heavy atom. The number of rotatable bonds is 3. The number of nitrogens with one attached hydrogen (secondary N) is 2. The molecular weight excluding hydrogens is 290 g/mol. The number of urea groups is 1. The second kappa shape index (κ2) is 6.60. The third kappa shape index (κ3) is 4.47. The van der Waals surface area contributed by atoms with Crippen LogP contribution in [0, 0.1) is 0 Å². The van der Waals surface area contributed by atoms with Crippen molar-refractivity contribution in [3.8, 4) is 0 Å². The summed E-state index contributed by atoms with van der Waals surface area (Å²) in [5, 5.41) is 5.70. The van der Waals surface area contributed by atoms with Crippen LogP contribution in [0.3, 0.4) is 0 Å². The summed E-state index contributed by atoms with van der Waals surface area (Å²) in [6, 6.07) is 7.63.